The number of thiophene rings is 2. The first kappa shape index (κ1) is 51.4. The SMILES string of the molecule is c1ccc(-c2cccc(-n3c4cc5c(cc4c4ccc6sc7ccccc7c6c43)c3ccccc3n5-c3ccccc3)c2)cc1.c1ccc(-n2c3cc4c(cc3c3ccc5sc6ccccc6c5c32)c2ccccc2n4-c2cc3ccccc3c3ccccc23)cc1. The summed E-state index contributed by atoms with van der Waals surface area (Å²) in [6.07, 6.45) is 0. The summed E-state index contributed by atoms with van der Waals surface area (Å²) in [6, 6.07) is 116. The van der Waals surface area contributed by atoms with E-state index in [9.17, 15) is 0 Å². The summed E-state index contributed by atoms with van der Waals surface area (Å²) in [6.45, 7) is 0. The van der Waals surface area contributed by atoms with Crippen molar-refractivity contribution in [1.82, 2.24) is 18.3 Å². The number of nitrogens with zero attached hydrogens (tertiary/aromatic N) is 4. The van der Waals surface area contributed by atoms with Crippen molar-refractivity contribution in [1.29, 1.82) is 0 Å². The molecule has 6 heteroatoms. The zero-order chi connectivity index (χ0) is 60.1. The Morgan fingerprint density at radius 1 is 0.196 bits per heavy atom. The molecule has 0 aliphatic carbocycles. The average molecular weight is 1210 g/mol. The van der Waals surface area contributed by atoms with E-state index < -0.39 is 0 Å². The molecule has 21 aromatic rings. The van der Waals surface area contributed by atoms with E-state index in [4.69, 9.17) is 0 Å². The molecule has 6 heterocycles. The normalized spacial score (nSPS) is 12.1. The van der Waals surface area contributed by atoms with Gasteiger partial charge in [-0.05, 0) is 130 Å². The molecule has 4 nitrogen and oxygen atoms in total. The van der Waals surface area contributed by atoms with Crippen molar-refractivity contribution in [3.8, 4) is 33.9 Å². The second-order valence-corrected chi connectivity index (χ2v) is 26.4. The van der Waals surface area contributed by atoms with Crippen LogP contribution in [-0.2, 0) is 0 Å². The standard InChI is InChI=1S/C44H26N2S.C42H26N2S/c1-2-13-28(14-3-1)45-39-26-40-35(25-36(39)33-22-23-42-43(44(33)45)34-19-9-11-21-41(34)47-42)32-18-8-10-20-37(32)46(40)38-24-27-12-4-5-15-29(27)30-16-6-7-17-31(30)38;1-3-12-27(13-4-1)28-14-11-17-30(24-28)44-38-26-37-34(31-18-7-9-20-36(31)43(37)29-15-5-2-6-16-29)25-35(38)32-22-23-40-41(42(32)44)33-19-8-10-21-39(33)45-40/h1-26H;1-26H. The van der Waals surface area contributed by atoms with E-state index in [-0.39, 0.29) is 0 Å². The Bertz CT molecular complexity index is 6610. The van der Waals surface area contributed by atoms with E-state index >= 15 is 0 Å². The van der Waals surface area contributed by atoms with E-state index in [2.05, 4.69) is 334 Å². The first-order valence-corrected chi connectivity index (χ1v) is 33.1. The maximum absolute atomic E-state index is 2.52. The van der Waals surface area contributed by atoms with Gasteiger partial charge in [-0.1, -0.05) is 212 Å². The topological polar surface area (TPSA) is 19.7 Å². The molecule has 0 saturated heterocycles. The Morgan fingerprint density at radius 2 is 0.609 bits per heavy atom. The third-order valence-electron chi connectivity index (χ3n) is 19.3. The number of hydrogen-bond donors (Lipinski definition) is 0. The van der Waals surface area contributed by atoms with Crippen LogP contribution >= 0.6 is 22.7 Å². The van der Waals surface area contributed by atoms with Gasteiger partial charge in [-0.2, -0.15) is 0 Å². The Labute approximate surface area is 535 Å². The highest BCUT2D eigenvalue weighted by molar-refractivity contribution is 7.26. The Hall–Kier alpha value is -11.5. The molecular weight excluding hydrogens is 1150 g/mol. The molecule has 428 valence electrons. The third kappa shape index (κ3) is 7.50. The minimum absolute atomic E-state index is 1.17. The Kier molecular flexibility index (Phi) is 11.2. The van der Waals surface area contributed by atoms with Gasteiger partial charge < -0.3 is 18.3 Å². The van der Waals surface area contributed by atoms with Crippen LogP contribution in [0.1, 0.15) is 0 Å². The molecule has 0 aliphatic heterocycles. The summed E-state index contributed by atoms with van der Waals surface area (Å²) in [5, 5.41) is 20.6. The summed E-state index contributed by atoms with van der Waals surface area (Å²) in [5.41, 5.74) is 17.0. The quantitative estimate of drug-likeness (QED) is 0.153. The molecule has 0 spiro atoms. The second kappa shape index (κ2) is 20.0. The van der Waals surface area contributed by atoms with Crippen molar-refractivity contribution < 1.29 is 0 Å². The van der Waals surface area contributed by atoms with Gasteiger partial charge in [0.1, 0.15) is 0 Å². The van der Waals surface area contributed by atoms with Gasteiger partial charge in [0.25, 0.3) is 0 Å². The Balaban J connectivity index is 0.000000128. The minimum Gasteiger partial charge on any atom is -0.309 e. The highest BCUT2D eigenvalue weighted by atomic mass is 32.1. The average Bonchev–Trinajstić information content (AvgIpc) is 1.55. The first-order valence-electron chi connectivity index (χ1n) is 31.5. The van der Waals surface area contributed by atoms with Crippen LogP contribution in [0.3, 0.4) is 0 Å². The highest BCUT2D eigenvalue weighted by Crippen LogP contribution is 2.49. The van der Waals surface area contributed by atoms with Gasteiger partial charge in [0, 0.05) is 106 Å². The molecule has 6 aromatic heterocycles. The van der Waals surface area contributed by atoms with Crippen LogP contribution in [0.15, 0.2) is 315 Å². The van der Waals surface area contributed by atoms with Gasteiger partial charge in [-0.25, -0.2) is 0 Å². The largest absolute Gasteiger partial charge is 0.309 e. The minimum atomic E-state index is 1.17. The molecule has 0 aliphatic rings. The molecule has 0 saturated carbocycles. The molecule has 0 atom stereocenters. The summed E-state index contributed by atoms with van der Waals surface area (Å²) >= 11 is 3.76. The van der Waals surface area contributed by atoms with Crippen LogP contribution in [0, 0.1) is 0 Å². The first-order chi connectivity index (χ1) is 45.7. The van der Waals surface area contributed by atoms with Crippen LogP contribution < -0.4 is 0 Å². The van der Waals surface area contributed by atoms with Crippen molar-refractivity contribution in [3.63, 3.8) is 0 Å². The predicted octanol–water partition coefficient (Wildman–Crippen LogP) is 24.5. The summed E-state index contributed by atoms with van der Waals surface area (Å²) < 4.78 is 15.2. The zero-order valence-electron chi connectivity index (χ0n) is 49.6. The van der Waals surface area contributed by atoms with E-state index in [0.29, 0.717) is 0 Å². The number of para-hydroxylation sites is 4. The number of hydrogen-bond acceptors (Lipinski definition) is 2. The molecule has 0 amide bonds. The molecule has 0 N–H and O–H groups in total. The van der Waals surface area contributed by atoms with Gasteiger partial charge >= 0.3 is 0 Å². The molecule has 21 rings (SSSR count). The van der Waals surface area contributed by atoms with Crippen molar-refractivity contribution in [2.45, 2.75) is 0 Å². The molecule has 0 fully saturated rings. The van der Waals surface area contributed by atoms with E-state index in [1.807, 2.05) is 22.7 Å². The Morgan fingerprint density at radius 3 is 1.21 bits per heavy atom. The van der Waals surface area contributed by atoms with Crippen LogP contribution in [0.25, 0.3) is 183 Å². The fraction of sp³-hybridized carbons (Fsp3) is 0. The lowest BCUT2D eigenvalue weighted by Gasteiger charge is -2.15. The fourth-order valence-electron chi connectivity index (χ4n) is 15.4. The molecule has 15 aromatic carbocycles. The third-order valence-corrected chi connectivity index (χ3v) is 21.6. The molecule has 0 bridgehead atoms. The van der Waals surface area contributed by atoms with E-state index in [0.717, 1.165) is 0 Å². The van der Waals surface area contributed by atoms with Crippen molar-refractivity contribution in [2.75, 3.05) is 0 Å². The van der Waals surface area contributed by atoms with Crippen LogP contribution in [0.4, 0.5) is 0 Å². The smallest absolute Gasteiger partial charge is 0.0634 e. The lowest BCUT2D eigenvalue weighted by atomic mass is 10.00. The van der Waals surface area contributed by atoms with Crippen LogP contribution in [0.5, 0.6) is 0 Å². The molecule has 0 unspecified atom stereocenters. The van der Waals surface area contributed by atoms with Gasteiger partial charge in [0.15, 0.2) is 0 Å². The van der Waals surface area contributed by atoms with Crippen molar-refractivity contribution in [2.24, 2.45) is 0 Å². The van der Waals surface area contributed by atoms with Crippen molar-refractivity contribution >= 4 is 172 Å². The number of benzene rings is 15. The summed E-state index contributed by atoms with van der Waals surface area (Å²) in [5.74, 6) is 0. The monoisotopic (exact) mass is 1200 g/mol. The molecule has 92 heavy (non-hydrogen) atoms. The van der Waals surface area contributed by atoms with Gasteiger partial charge in [0.05, 0.1) is 49.8 Å². The molecule has 0 radical (unpaired) electrons. The number of fused-ring (bicyclic) bond motifs is 23. The van der Waals surface area contributed by atoms with Crippen LogP contribution in [-0.4, -0.2) is 18.3 Å². The van der Waals surface area contributed by atoms with Gasteiger partial charge in [-0.3, -0.25) is 0 Å². The predicted molar refractivity (Wildman–Crippen MR) is 396 cm³/mol. The molecular formula is C86H52N4S2. The summed E-state index contributed by atoms with van der Waals surface area (Å²) in [7, 11) is 0. The lowest BCUT2D eigenvalue weighted by molar-refractivity contribution is 1.17. The maximum Gasteiger partial charge on any atom is 0.0634 e. The van der Waals surface area contributed by atoms with Crippen LogP contribution in [0.2, 0.25) is 0 Å². The van der Waals surface area contributed by atoms with E-state index in [1.54, 1.807) is 0 Å². The highest BCUT2D eigenvalue weighted by Gasteiger charge is 2.25. The number of rotatable bonds is 5. The zero-order valence-corrected chi connectivity index (χ0v) is 51.3. The van der Waals surface area contributed by atoms with E-state index in [1.165, 1.54) is 183 Å². The van der Waals surface area contributed by atoms with Gasteiger partial charge in [-0.15, -0.1) is 22.7 Å². The van der Waals surface area contributed by atoms with Crippen molar-refractivity contribution in [3.05, 3.63) is 315 Å². The lowest BCUT2D eigenvalue weighted by Crippen LogP contribution is -1.97. The number of aromatic nitrogens is 4. The second-order valence-electron chi connectivity index (χ2n) is 24.3. The summed E-state index contributed by atoms with van der Waals surface area (Å²) in [4.78, 5) is 0. The fourth-order valence-corrected chi connectivity index (χ4v) is 17.7. The maximum atomic E-state index is 2.52. The van der Waals surface area contributed by atoms with Gasteiger partial charge in [0.2, 0.25) is 0 Å².